The highest BCUT2D eigenvalue weighted by Crippen LogP contribution is 2.32. The summed E-state index contributed by atoms with van der Waals surface area (Å²) in [6, 6.07) is 6.52. The van der Waals surface area contributed by atoms with Crippen LogP contribution in [-0.2, 0) is 4.84 Å². The zero-order chi connectivity index (χ0) is 18.6. The van der Waals surface area contributed by atoms with Crippen molar-refractivity contribution in [1.29, 1.82) is 0 Å². The van der Waals surface area contributed by atoms with E-state index >= 15 is 0 Å². The molecule has 2 aromatic carbocycles. The van der Waals surface area contributed by atoms with E-state index in [2.05, 4.69) is 49.3 Å². The fourth-order valence-corrected chi connectivity index (χ4v) is 3.07. The number of rotatable bonds is 6. The van der Waals surface area contributed by atoms with E-state index in [-0.39, 0.29) is 28.9 Å². The van der Waals surface area contributed by atoms with Gasteiger partial charge in [0.2, 0.25) is 0 Å². The highest BCUT2D eigenvalue weighted by molar-refractivity contribution is 14.1. The third-order valence-electron chi connectivity index (χ3n) is 3.21. The lowest BCUT2D eigenvalue weighted by Gasteiger charge is -2.16. The lowest BCUT2D eigenvalue weighted by molar-refractivity contribution is 0.0168. The highest BCUT2D eigenvalue weighted by Gasteiger charge is 2.22. The van der Waals surface area contributed by atoms with Gasteiger partial charge in [-0.15, -0.1) is 0 Å². The lowest BCUT2D eigenvalue weighted by atomic mass is 10.1. The second kappa shape index (κ2) is 8.88. The molecule has 25 heavy (non-hydrogen) atoms. The number of hydrogen-bond acceptors (Lipinski definition) is 4. The van der Waals surface area contributed by atoms with Crippen LogP contribution in [0.5, 0.6) is 0 Å². The van der Waals surface area contributed by atoms with Crippen molar-refractivity contribution in [2.75, 3.05) is 18.5 Å². The van der Waals surface area contributed by atoms with Gasteiger partial charge in [-0.25, -0.2) is 14.3 Å². The molecule has 0 aliphatic heterocycles. The van der Waals surface area contributed by atoms with Gasteiger partial charge in [0, 0.05) is 9.26 Å². The van der Waals surface area contributed by atoms with E-state index in [9.17, 15) is 13.6 Å². The largest absolute Gasteiger partial charge is 0.394 e. The van der Waals surface area contributed by atoms with Crippen LogP contribution < -0.4 is 10.8 Å². The van der Waals surface area contributed by atoms with Gasteiger partial charge in [-0.2, -0.15) is 0 Å². The first-order chi connectivity index (χ1) is 11.8. The maximum Gasteiger partial charge on any atom is 0.277 e. The Hall–Kier alpha value is -1.30. The van der Waals surface area contributed by atoms with Gasteiger partial charge in [0.15, 0.2) is 11.6 Å². The molecule has 0 unspecified atom stereocenters. The van der Waals surface area contributed by atoms with Gasteiger partial charge in [-0.05, 0) is 75.3 Å². The number of carbonyl (C=O) groups excluding carboxylic acids is 1. The summed E-state index contributed by atoms with van der Waals surface area (Å²) in [4.78, 5) is 17.0. The van der Waals surface area contributed by atoms with E-state index in [1.54, 1.807) is 12.1 Å². The van der Waals surface area contributed by atoms with Gasteiger partial charge in [-0.3, -0.25) is 9.63 Å². The molecule has 0 bridgehead atoms. The number of hydrogen-bond donors (Lipinski definition) is 3. The number of hydroxylamine groups is 1. The summed E-state index contributed by atoms with van der Waals surface area (Å²) < 4.78 is 29.2. The molecule has 0 aliphatic carbocycles. The monoisotopic (exact) mass is 526 g/mol. The average Bonchev–Trinajstić information content (AvgIpc) is 2.57. The Morgan fingerprint density at radius 2 is 2.04 bits per heavy atom. The molecule has 3 N–H and O–H groups in total. The van der Waals surface area contributed by atoms with Crippen LogP contribution in [0.2, 0.25) is 0 Å². The van der Waals surface area contributed by atoms with Crippen LogP contribution in [0.25, 0.3) is 0 Å². The molecule has 0 fully saturated rings. The first-order valence-electron chi connectivity index (χ1n) is 7.08. The number of aliphatic hydroxyl groups is 1. The van der Waals surface area contributed by atoms with E-state index in [0.717, 1.165) is 15.2 Å². The Morgan fingerprint density at radius 1 is 1.32 bits per heavy atom. The SMILES string of the molecule is Cc1cc(I)ccc1Nc1c(C(=O)NOCCO)cc(Br)c(F)c1F. The first kappa shape index (κ1) is 20.0. The Bertz CT molecular complexity index is 805. The predicted octanol–water partition coefficient (Wildman–Crippen LogP) is 4.04. The van der Waals surface area contributed by atoms with Gasteiger partial charge in [0.25, 0.3) is 5.91 Å². The van der Waals surface area contributed by atoms with E-state index in [0.29, 0.717) is 5.69 Å². The maximum absolute atomic E-state index is 14.4. The van der Waals surface area contributed by atoms with Crippen LogP contribution >= 0.6 is 38.5 Å². The van der Waals surface area contributed by atoms with E-state index in [1.165, 1.54) is 0 Å². The molecule has 0 saturated carbocycles. The van der Waals surface area contributed by atoms with Gasteiger partial charge in [-0.1, -0.05) is 0 Å². The third-order valence-corrected chi connectivity index (χ3v) is 4.46. The molecule has 9 heteroatoms. The number of amides is 1. The summed E-state index contributed by atoms with van der Waals surface area (Å²) in [5.74, 6) is -3.09. The number of anilines is 2. The highest BCUT2D eigenvalue weighted by atomic mass is 127. The smallest absolute Gasteiger partial charge is 0.277 e. The number of aliphatic hydroxyl groups excluding tert-OH is 1. The van der Waals surface area contributed by atoms with Gasteiger partial charge >= 0.3 is 0 Å². The van der Waals surface area contributed by atoms with Crippen molar-refractivity contribution in [3.63, 3.8) is 0 Å². The Kier molecular flexibility index (Phi) is 7.11. The molecular weight excluding hydrogens is 513 g/mol. The lowest BCUT2D eigenvalue weighted by Crippen LogP contribution is -2.26. The molecule has 0 heterocycles. The molecular formula is C16H14BrF2IN2O3. The number of nitrogens with one attached hydrogen (secondary N) is 2. The summed E-state index contributed by atoms with van der Waals surface area (Å²) in [6.07, 6.45) is 0. The van der Waals surface area contributed by atoms with Crippen molar-refractivity contribution < 1.29 is 23.5 Å². The molecule has 0 radical (unpaired) electrons. The molecule has 0 aliphatic rings. The Balaban J connectivity index is 2.44. The van der Waals surface area contributed by atoms with Crippen molar-refractivity contribution in [3.8, 4) is 0 Å². The average molecular weight is 527 g/mol. The topological polar surface area (TPSA) is 70.6 Å². The van der Waals surface area contributed by atoms with E-state index in [4.69, 9.17) is 9.94 Å². The van der Waals surface area contributed by atoms with Crippen molar-refractivity contribution in [2.45, 2.75) is 6.92 Å². The molecule has 0 aromatic heterocycles. The van der Waals surface area contributed by atoms with Crippen molar-refractivity contribution in [2.24, 2.45) is 0 Å². The molecule has 0 saturated heterocycles. The molecule has 2 rings (SSSR count). The quantitative estimate of drug-likeness (QED) is 0.230. The van der Waals surface area contributed by atoms with Crippen LogP contribution in [0.1, 0.15) is 15.9 Å². The number of carbonyl (C=O) groups is 1. The van der Waals surface area contributed by atoms with Crippen LogP contribution in [0.3, 0.4) is 0 Å². The summed E-state index contributed by atoms with van der Waals surface area (Å²) in [5.41, 5.74) is 2.95. The van der Waals surface area contributed by atoms with Crippen molar-refractivity contribution >= 4 is 55.8 Å². The van der Waals surface area contributed by atoms with Crippen LogP contribution in [0.4, 0.5) is 20.2 Å². The molecule has 0 atom stereocenters. The molecule has 2 aromatic rings. The Labute approximate surface area is 165 Å². The summed E-state index contributed by atoms with van der Waals surface area (Å²) in [6.45, 7) is 1.38. The normalized spacial score (nSPS) is 10.6. The second-order valence-electron chi connectivity index (χ2n) is 5.00. The second-order valence-corrected chi connectivity index (χ2v) is 7.10. The first-order valence-corrected chi connectivity index (χ1v) is 8.96. The van der Waals surface area contributed by atoms with E-state index in [1.807, 2.05) is 13.0 Å². The fourth-order valence-electron chi connectivity index (χ4n) is 2.02. The standard InChI is InChI=1S/C16H14BrF2IN2O3/c1-8-6-9(20)2-3-12(8)21-15-10(16(24)22-25-5-4-23)7-11(17)13(18)14(15)19/h2-3,6-7,21,23H,4-5H2,1H3,(H,22,24). The van der Waals surface area contributed by atoms with Crippen molar-refractivity contribution in [3.05, 3.63) is 55.1 Å². The summed E-state index contributed by atoms with van der Waals surface area (Å²) in [7, 11) is 0. The van der Waals surface area contributed by atoms with Crippen LogP contribution in [0.15, 0.2) is 28.7 Å². The van der Waals surface area contributed by atoms with Gasteiger partial charge < -0.3 is 10.4 Å². The maximum atomic E-state index is 14.4. The third kappa shape index (κ3) is 4.87. The fraction of sp³-hybridized carbons (Fsp3) is 0.188. The predicted molar refractivity (Wildman–Crippen MR) is 102 cm³/mol. The molecule has 1 amide bonds. The zero-order valence-corrected chi connectivity index (χ0v) is 16.7. The molecule has 134 valence electrons. The Morgan fingerprint density at radius 3 is 2.68 bits per heavy atom. The number of benzene rings is 2. The number of aryl methyl sites for hydroxylation is 1. The molecule has 0 spiro atoms. The van der Waals surface area contributed by atoms with Gasteiger partial charge in [0.05, 0.1) is 28.9 Å². The minimum absolute atomic E-state index is 0.129. The van der Waals surface area contributed by atoms with Gasteiger partial charge in [0.1, 0.15) is 0 Å². The zero-order valence-electron chi connectivity index (χ0n) is 13.0. The summed E-state index contributed by atoms with van der Waals surface area (Å²) in [5, 5.41) is 11.4. The molecule has 5 nitrogen and oxygen atoms in total. The minimum Gasteiger partial charge on any atom is -0.394 e. The minimum atomic E-state index is -1.19. The summed E-state index contributed by atoms with van der Waals surface area (Å²) >= 11 is 5.02. The van der Waals surface area contributed by atoms with Crippen molar-refractivity contribution in [1.82, 2.24) is 5.48 Å². The number of halogens is 4. The van der Waals surface area contributed by atoms with E-state index < -0.39 is 17.5 Å². The van der Waals surface area contributed by atoms with Crippen LogP contribution in [-0.4, -0.2) is 24.2 Å². The van der Waals surface area contributed by atoms with Crippen LogP contribution in [0, 0.1) is 22.1 Å².